The Morgan fingerprint density at radius 2 is 2.25 bits per heavy atom. The van der Waals surface area contributed by atoms with E-state index < -0.39 is 0 Å². The number of rotatable bonds is 4. The Kier molecular flexibility index (Phi) is 3.54. The van der Waals surface area contributed by atoms with Crippen LogP contribution < -0.4 is 4.74 Å². The van der Waals surface area contributed by atoms with E-state index >= 15 is 0 Å². The molecule has 0 aromatic carbocycles. The lowest BCUT2D eigenvalue weighted by Crippen LogP contribution is -1.98. The Labute approximate surface area is 76.1 Å². The topological polar surface area (TPSA) is 35.0 Å². The first-order valence-electron chi connectivity index (χ1n) is 3.55. The van der Waals surface area contributed by atoms with Crippen molar-refractivity contribution >= 4 is 11.6 Å². The van der Waals surface area contributed by atoms with Gasteiger partial charge in [-0.25, -0.2) is 9.97 Å². The third-order valence-electron chi connectivity index (χ3n) is 1.18. The van der Waals surface area contributed by atoms with Crippen LogP contribution in [0.2, 0.25) is 5.15 Å². The molecule has 1 rings (SSSR count). The molecule has 1 aromatic heterocycles. The zero-order chi connectivity index (χ0) is 8.81. The average Bonchev–Trinajstić information content (AvgIpc) is 2.09. The highest BCUT2D eigenvalue weighted by molar-refractivity contribution is 6.30. The van der Waals surface area contributed by atoms with Gasteiger partial charge in [0.2, 0.25) is 0 Å². The highest BCUT2D eigenvalue weighted by Gasteiger charge is 2.00. The number of hydrogen-bond acceptors (Lipinski definition) is 3. The Bertz CT molecular complexity index is 265. The van der Waals surface area contributed by atoms with E-state index in [0.717, 1.165) is 6.42 Å². The fraction of sp³-hybridized carbons (Fsp3) is 0.250. The average molecular weight is 185 g/mol. The van der Waals surface area contributed by atoms with Gasteiger partial charge in [0.25, 0.3) is 5.88 Å². The van der Waals surface area contributed by atoms with Crippen molar-refractivity contribution in [1.29, 1.82) is 0 Å². The predicted molar refractivity (Wildman–Crippen MR) is 47.4 cm³/mol. The summed E-state index contributed by atoms with van der Waals surface area (Å²) in [4.78, 5) is 7.71. The van der Waals surface area contributed by atoms with Gasteiger partial charge in [-0.1, -0.05) is 17.7 Å². The lowest BCUT2D eigenvalue weighted by Gasteiger charge is -2.02. The molecule has 0 aliphatic rings. The van der Waals surface area contributed by atoms with Gasteiger partial charge < -0.3 is 4.74 Å². The molecule has 12 heavy (non-hydrogen) atoms. The van der Waals surface area contributed by atoms with Gasteiger partial charge in [-0.2, -0.15) is 0 Å². The first-order valence-corrected chi connectivity index (χ1v) is 3.92. The van der Waals surface area contributed by atoms with Gasteiger partial charge in [0.05, 0.1) is 6.61 Å². The molecule has 0 unspecified atom stereocenters. The molecule has 0 saturated carbocycles. The second-order valence-corrected chi connectivity index (χ2v) is 2.44. The molecule has 0 amide bonds. The number of ether oxygens (including phenoxy) is 1. The van der Waals surface area contributed by atoms with E-state index in [4.69, 9.17) is 16.3 Å². The standard InChI is InChI=1S/C8H9ClN2O/c1-2-3-6-12-8-7(9)10-4-5-11-8/h2,4-5H,1,3,6H2. The van der Waals surface area contributed by atoms with Crippen LogP contribution in [0.25, 0.3) is 0 Å². The highest BCUT2D eigenvalue weighted by Crippen LogP contribution is 2.16. The van der Waals surface area contributed by atoms with Gasteiger partial charge in [0.1, 0.15) is 0 Å². The molecule has 0 fully saturated rings. The maximum Gasteiger partial charge on any atom is 0.252 e. The summed E-state index contributed by atoms with van der Waals surface area (Å²) >= 11 is 5.68. The van der Waals surface area contributed by atoms with E-state index in [2.05, 4.69) is 16.5 Å². The first-order chi connectivity index (χ1) is 5.84. The van der Waals surface area contributed by atoms with Crippen LogP contribution in [0.1, 0.15) is 6.42 Å². The molecule has 0 saturated heterocycles. The molecule has 1 heterocycles. The SMILES string of the molecule is C=CCCOc1nccnc1Cl. The number of aromatic nitrogens is 2. The maximum atomic E-state index is 5.68. The molecule has 0 aliphatic carbocycles. The van der Waals surface area contributed by atoms with Crippen LogP contribution in [-0.2, 0) is 0 Å². The van der Waals surface area contributed by atoms with Crippen molar-refractivity contribution in [3.63, 3.8) is 0 Å². The van der Waals surface area contributed by atoms with E-state index in [-0.39, 0.29) is 0 Å². The minimum absolute atomic E-state index is 0.293. The summed E-state index contributed by atoms with van der Waals surface area (Å²) in [5.74, 6) is 0.376. The van der Waals surface area contributed by atoms with Crippen LogP contribution in [0.4, 0.5) is 0 Å². The Morgan fingerprint density at radius 3 is 2.92 bits per heavy atom. The zero-order valence-electron chi connectivity index (χ0n) is 6.53. The van der Waals surface area contributed by atoms with E-state index in [1.54, 1.807) is 6.08 Å². The monoisotopic (exact) mass is 184 g/mol. The highest BCUT2D eigenvalue weighted by atomic mass is 35.5. The van der Waals surface area contributed by atoms with Crippen LogP contribution in [0, 0.1) is 0 Å². The second-order valence-electron chi connectivity index (χ2n) is 2.08. The van der Waals surface area contributed by atoms with E-state index in [1.165, 1.54) is 12.4 Å². The molecule has 3 nitrogen and oxygen atoms in total. The number of nitrogens with zero attached hydrogens (tertiary/aromatic N) is 2. The molecule has 0 N–H and O–H groups in total. The van der Waals surface area contributed by atoms with Crippen molar-refractivity contribution < 1.29 is 4.74 Å². The molecular formula is C8H9ClN2O. The van der Waals surface area contributed by atoms with Crippen LogP contribution in [0.15, 0.2) is 25.0 Å². The normalized spacial score (nSPS) is 9.42. The summed E-state index contributed by atoms with van der Waals surface area (Å²) in [6, 6.07) is 0. The van der Waals surface area contributed by atoms with Gasteiger partial charge in [-0.05, 0) is 6.42 Å². The summed E-state index contributed by atoms with van der Waals surface area (Å²) in [6.07, 6.45) is 5.59. The van der Waals surface area contributed by atoms with Gasteiger partial charge >= 0.3 is 0 Å². The smallest absolute Gasteiger partial charge is 0.252 e. The lowest BCUT2D eigenvalue weighted by atomic mass is 10.5. The van der Waals surface area contributed by atoms with Crippen LogP contribution >= 0.6 is 11.6 Å². The maximum absolute atomic E-state index is 5.68. The van der Waals surface area contributed by atoms with Crippen molar-refractivity contribution in [2.75, 3.05) is 6.61 Å². The number of halogens is 1. The summed E-state index contributed by atoms with van der Waals surface area (Å²) in [5, 5.41) is 0.293. The third kappa shape index (κ3) is 2.51. The van der Waals surface area contributed by atoms with Crippen molar-refractivity contribution in [2.24, 2.45) is 0 Å². The molecular weight excluding hydrogens is 176 g/mol. The van der Waals surface area contributed by atoms with Crippen molar-refractivity contribution in [1.82, 2.24) is 9.97 Å². The van der Waals surface area contributed by atoms with Crippen LogP contribution in [-0.4, -0.2) is 16.6 Å². The zero-order valence-corrected chi connectivity index (χ0v) is 7.29. The molecule has 0 radical (unpaired) electrons. The Balaban J connectivity index is 2.51. The molecule has 0 aliphatic heterocycles. The Morgan fingerprint density at radius 1 is 1.50 bits per heavy atom. The lowest BCUT2D eigenvalue weighted by molar-refractivity contribution is 0.311. The second kappa shape index (κ2) is 4.72. The fourth-order valence-corrected chi connectivity index (χ4v) is 0.804. The van der Waals surface area contributed by atoms with Crippen molar-refractivity contribution in [2.45, 2.75) is 6.42 Å². The third-order valence-corrected chi connectivity index (χ3v) is 1.44. The molecule has 4 heteroatoms. The molecule has 0 spiro atoms. The number of hydrogen-bond donors (Lipinski definition) is 0. The largest absolute Gasteiger partial charge is 0.475 e. The summed E-state index contributed by atoms with van der Waals surface area (Å²) in [7, 11) is 0. The Hall–Kier alpha value is -1.09. The van der Waals surface area contributed by atoms with Crippen LogP contribution in [0.3, 0.4) is 0 Å². The van der Waals surface area contributed by atoms with Gasteiger partial charge in [0.15, 0.2) is 5.15 Å². The fourth-order valence-electron chi connectivity index (χ4n) is 0.644. The van der Waals surface area contributed by atoms with E-state index in [9.17, 15) is 0 Å². The molecule has 0 bridgehead atoms. The molecule has 1 aromatic rings. The minimum atomic E-state index is 0.293. The minimum Gasteiger partial charge on any atom is -0.475 e. The summed E-state index contributed by atoms with van der Waals surface area (Å²) < 4.78 is 5.20. The molecule has 64 valence electrons. The van der Waals surface area contributed by atoms with Crippen molar-refractivity contribution in [3.05, 3.63) is 30.2 Å². The van der Waals surface area contributed by atoms with Crippen LogP contribution in [0.5, 0.6) is 5.88 Å². The van der Waals surface area contributed by atoms with E-state index in [1.807, 2.05) is 0 Å². The van der Waals surface area contributed by atoms with Gasteiger partial charge in [-0.3, -0.25) is 0 Å². The summed E-state index contributed by atoms with van der Waals surface area (Å²) in [5.41, 5.74) is 0. The van der Waals surface area contributed by atoms with Gasteiger partial charge in [-0.15, -0.1) is 6.58 Å². The predicted octanol–water partition coefficient (Wildman–Crippen LogP) is 2.08. The first kappa shape index (κ1) is 9.00. The summed E-state index contributed by atoms with van der Waals surface area (Å²) in [6.45, 7) is 4.09. The van der Waals surface area contributed by atoms with Gasteiger partial charge in [0, 0.05) is 12.4 Å². The van der Waals surface area contributed by atoms with Crippen molar-refractivity contribution in [3.8, 4) is 5.88 Å². The molecule has 0 atom stereocenters. The quantitative estimate of drug-likeness (QED) is 0.531. The van der Waals surface area contributed by atoms with E-state index in [0.29, 0.717) is 17.6 Å².